The fourth-order valence-corrected chi connectivity index (χ4v) is 2.70. The minimum absolute atomic E-state index is 0.108. The Hall–Kier alpha value is -1.57. The third kappa shape index (κ3) is 4.95. The molecule has 1 fully saturated rings. The first kappa shape index (κ1) is 17.8. The van der Waals surface area contributed by atoms with Crippen LogP contribution in [0.4, 0.5) is 4.79 Å². The lowest BCUT2D eigenvalue weighted by Crippen LogP contribution is -2.37. The number of nitrogens with one attached hydrogen (secondary N) is 1. The van der Waals surface area contributed by atoms with E-state index in [1.807, 2.05) is 20.8 Å². The van der Waals surface area contributed by atoms with Gasteiger partial charge in [-0.1, -0.05) is 0 Å². The quantitative estimate of drug-likeness (QED) is 0.785. The smallest absolute Gasteiger partial charge is 0.407 e. The standard InChI is InChI=1S/C15H22BrN3O4/c1-15(2,3)23-14(21)17-8-11(9-5-6-9)19-10(13(20)22-4)7-12(16)18-19/h7,9,11H,5-6,8H2,1-4H3,(H,17,21). The van der Waals surface area contributed by atoms with Gasteiger partial charge in [0.15, 0.2) is 0 Å². The topological polar surface area (TPSA) is 82.5 Å². The van der Waals surface area contributed by atoms with E-state index in [0.29, 0.717) is 22.8 Å². The van der Waals surface area contributed by atoms with Crippen LogP contribution in [0.15, 0.2) is 10.7 Å². The molecule has 8 heteroatoms. The number of methoxy groups -OCH3 is 1. The summed E-state index contributed by atoms with van der Waals surface area (Å²) in [6.07, 6.45) is 1.60. The van der Waals surface area contributed by atoms with Crippen molar-refractivity contribution < 1.29 is 19.1 Å². The van der Waals surface area contributed by atoms with Crippen molar-refractivity contribution in [2.75, 3.05) is 13.7 Å². The van der Waals surface area contributed by atoms with Crippen LogP contribution in [0.5, 0.6) is 0 Å². The third-order valence-corrected chi connectivity index (χ3v) is 3.82. The second-order valence-corrected chi connectivity index (χ2v) is 7.39. The number of aromatic nitrogens is 2. The average Bonchev–Trinajstić information content (AvgIpc) is 3.19. The van der Waals surface area contributed by atoms with Crippen LogP contribution in [0.3, 0.4) is 0 Å². The number of carbonyl (C=O) groups is 2. The minimum atomic E-state index is -0.551. The van der Waals surface area contributed by atoms with Gasteiger partial charge in [-0.2, -0.15) is 5.10 Å². The number of amides is 1. The number of esters is 1. The molecule has 1 saturated carbocycles. The van der Waals surface area contributed by atoms with Crippen LogP contribution in [-0.4, -0.2) is 41.1 Å². The van der Waals surface area contributed by atoms with E-state index in [9.17, 15) is 9.59 Å². The minimum Gasteiger partial charge on any atom is -0.464 e. The molecule has 0 saturated heterocycles. The first-order valence-electron chi connectivity index (χ1n) is 7.51. The Bertz CT molecular complexity index is 590. The van der Waals surface area contributed by atoms with Gasteiger partial charge in [-0.15, -0.1) is 0 Å². The van der Waals surface area contributed by atoms with Crippen molar-refractivity contribution in [2.24, 2.45) is 5.92 Å². The maximum Gasteiger partial charge on any atom is 0.407 e. The highest BCUT2D eigenvalue weighted by atomic mass is 79.9. The second kappa shape index (κ2) is 6.90. The summed E-state index contributed by atoms with van der Waals surface area (Å²) in [7, 11) is 1.33. The highest BCUT2D eigenvalue weighted by Gasteiger charge is 2.36. The highest BCUT2D eigenvalue weighted by molar-refractivity contribution is 9.10. The zero-order valence-corrected chi connectivity index (χ0v) is 15.3. The molecule has 0 bridgehead atoms. The van der Waals surface area contributed by atoms with Crippen molar-refractivity contribution in [3.05, 3.63) is 16.4 Å². The first-order valence-corrected chi connectivity index (χ1v) is 8.31. The van der Waals surface area contributed by atoms with Gasteiger partial charge < -0.3 is 14.8 Å². The molecule has 1 heterocycles. The van der Waals surface area contributed by atoms with Gasteiger partial charge in [0.05, 0.1) is 13.2 Å². The molecular formula is C15H22BrN3O4. The summed E-state index contributed by atoms with van der Waals surface area (Å²) in [5.41, 5.74) is -0.187. The Morgan fingerprint density at radius 2 is 2.13 bits per heavy atom. The van der Waals surface area contributed by atoms with E-state index < -0.39 is 17.7 Å². The van der Waals surface area contributed by atoms with E-state index in [2.05, 4.69) is 26.3 Å². The van der Waals surface area contributed by atoms with Crippen molar-refractivity contribution in [3.8, 4) is 0 Å². The first-order chi connectivity index (χ1) is 10.7. The molecule has 1 atom stereocenters. The van der Waals surface area contributed by atoms with E-state index >= 15 is 0 Å². The average molecular weight is 388 g/mol. The number of alkyl carbamates (subject to hydrolysis) is 1. The molecule has 0 aromatic carbocycles. The fourth-order valence-electron chi connectivity index (χ4n) is 2.31. The Morgan fingerprint density at radius 3 is 2.65 bits per heavy atom. The molecule has 1 aliphatic rings. The summed E-state index contributed by atoms with van der Waals surface area (Å²) < 4.78 is 12.2. The van der Waals surface area contributed by atoms with Gasteiger partial charge in [-0.25, -0.2) is 9.59 Å². The van der Waals surface area contributed by atoms with Crippen molar-refractivity contribution in [1.29, 1.82) is 0 Å². The Balaban J connectivity index is 2.11. The molecule has 1 aromatic heterocycles. The van der Waals surface area contributed by atoms with Gasteiger partial charge in [0.1, 0.15) is 15.9 Å². The number of rotatable bonds is 5. The zero-order chi connectivity index (χ0) is 17.2. The monoisotopic (exact) mass is 387 g/mol. The zero-order valence-electron chi connectivity index (χ0n) is 13.8. The van der Waals surface area contributed by atoms with E-state index in [1.54, 1.807) is 10.7 Å². The summed E-state index contributed by atoms with van der Waals surface area (Å²) in [6.45, 7) is 5.78. The number of hydrogen-bond acceptors (Lipinski definition) is 5. The van der Waals surface area contributed by atoms with Crippen LogP contribution in [-0.2, 0) is 9.47 Å². The SMILES string of the molecule is COC(=O)c1cc(Br)nn1C(CNC(=O)OC(C)(C)C)C1CC1. The molecule has 1 aliphatic carbocycles. The molecule has 1 aromatic rings. The van der Waals surface area contributed by atoms with Crippen molar-refractivity contribution >= 4 is 28.0 Å². The predicted octanol–water partition coefficient (Wildman–Crippen LogP) is 2.91. The fraction of sp³-hybridized carbons (Fsp3) is 0.667. The maximum absolute atomic E-state index is 11.9. The van der Waals surface area contributed by atoms with Crippen LogP contribution < -0.4 is 5.32 Å². The van der Waals surface area contributed by atoms with E-state index in [0.717, 1.165) is 12.8 Å². The lowest BCUT2D eigenvalue weighted by atomic mass is 10.2. The maximum atomic E-state index is 11.9. The van der Waals surface area contributed by atoms with Crippen molar-refractivity contribution in [1.82, 2.24) is 15.1 Å². The van der Waals surface area contributed by atoms with Crippen molar-refractivity contribution in [3.63, 3.8) is 0 Å². The number of nitrogens with zero attached hydrogens (tertiary/aromatic N) is 2. The number of ether oxygens (including phenoxy) is 2. The van der Waals surface area contributed by atoms with Gasteiger partial charge in [0, 0.05) is 12.6 Å². The molecule has 128 valence electrons. The molecule has 23 heavy (non-hydrogen) atoms. The van der Waals surface area contributed by atoms with Crippen LogP contribution in [0.25, 0.3) is 0 Å². The van der Waals surface area contributed by atoms with Crippen molar-refractivity contribution in [2.45, 2.75) is 45.3 Å². The molecule has 0 aliphatic heterocycles. The largest absolute Gasteiger partial charge is 0.464 e. The lowest BCUT2D eigenvalue weighted by molar-refractivity contribution is 0.0516. The van der Waals surface area contributed by atoms with Crippen LogP contribution in [0.2, 0.25) is 0 Å². The number of hydrogen-bond donors (Lipinski definition) is 1. The van der Waals surface area contributed by atoms with Gasteiger partial charge in [0.25, 0.3) is 0 Å². The van der Waals surface area contributed by atoms with Crippen LogP contribution in [0, 0.1) is 5.92 Å². The lowest BCUT2D eigenvalue weighted by Gasteiger charge is -2.23. The molecular weight excluding hydrogens is 366 g/mol. The predicted molar refractivity (Wildman–Crippen MR) is 87.3 cm³/mol. The molecule has 1 N–H and O–H groups in total. The van der Waals surface area contributed by atoms with Gasteiger partial charge in [0.2, 0.25) is 0 Å². The molecule has 0 radical (unpaired) electrons. The summed E-state index contributed by atoms with van der Waals surface area (Å²) >= 11 is 3.29. The Kier molecular flexibility index (Phi) is 5.33. The molecule has 1 unspecified atom stereocenters. The van der Waals surface area contributed by atoms with Gasteiger partial charge >= 0.3 is 12.1 Å². The number of halogens is 1. The van der Waals surface area contributed by atoms with Gasteiger partial charge in [-0.05, 0) is 55.5 Å². The van der Waals surface area contributed by atoms with E-state index in [4.69, 9.17) is 9.47 Å². The molecule has 0 spiro atoms. The Morgan fingerprint density at radius 1 is 1.48 bits per heavy atom. The van der Waals surface area contributed by atoms with Crippen LogP contribution in [0.1, 0.15) is 50.1 Å². The number of carbonyl (C=O) groups excluding carboxylic acids is 2. The van der Waals surface area contributed by atoms with Gasteiger partial charge in [-0.3, -0.25) is 4.68 Å². The molecule has 2 rings (SSSR count). The second-order valence-electron chi connectivity index (χ2n) is 6.58. The highest BCUT2D eigenvalue weighted by Crippen LogP contribution is 2.40. The third-order valence-electron chi connectivity index (χ3n) is 3.44. The summed E-state index contributed by atoms with van der Waals surface area (Å²) in [5, 5.41) is 7.10. The Labute approximate surface area is 143 Å². The summed E-state index contributed by atoms with van der Waals surface area (Å²) in [5.74, 6) is -0.0775. The van der Waals surface area contributed by atoms with E-state index in [-0.39, 0.29) is 6.04 Å². The summed E-state index contributed by atoms with van der Waals surface area (Å²) in [4.78, 5) is 23.8. The molecule has 7 nitrogen and oxygen atoms in total. The normalized spacial score (nSPS) is 15.9. The molecule has 1 amide bonds. The van der Waals surface area contributed by atoms with E-state index in [1.165, 1.54) is 7.11 Å². The van der Waals surface area contributed by atoms with Crippen LogP contribution >= 0.6 is 15.9 Å². The summed E-state index contributed by atoms with van der Waals surface area (Å²) in [6, 6.07) is 1.51.